The molecular formula is C24H27N3O2S. The van der Waals surface area contributed by atoms with Gasteiger partial charge in [0.2, 0.25) is 11.8 Å². The number of benzene rings is 2. The van der Waals surface area contributed by atoms with E-state index in [1.807, 2.05) is 79.9 Å². The summed E-state index contributed by atoms with van der Waals surface area (Å²) in [5.74, 6) is -0.355. The van der Waals surface area contributed by atoms with Crippen molar-refractivity contribution >= 4 is 28.8 Å². The second-order valence-electron chi connectivity index (χ2n) is 7.36. The number of carbonyl (C=O) groups is 2. The Bertz CT molecular complexity index is 956. The molecule has 0 unspecified atom stereocenters. The number of carbonyl (C=O) groups excluding carboxylic acids is 2. The largest absolute Gasteiger partial charge is 0.335 e. The van der Waals surface area contributed by atoms with E-state index < -0.39 is 6.04 Å². The molecule has 156 valence electrons. The molecular weight excluding hydrogens is 394 g/mol. The van der Waals surface area contributed by atoms with Crippen LogP contribution in [0.5, 0.6) is 0 Å². The van der Waals surface area contributed by atoms with E-state index in [9.17, 15) is 9.59 Å². The van der Waals surface area contributed by atoms with Gasteiger partial charge in [0.05, 0.1) is 18.6 Å². The van der Waals surface area contributed by atoms with E-state index in [1.54, 1.807) is 18.4 Å². The van der Waals surface area contributed by atoms with E-state index in [1.165, 1.54) is 4.90 Å². The Morgan fingerprint density at radius 3 is 2.33 bits per heavy atom. The molecule has 0 saturated heterocycles. The number of aryl methyl sites for hydroxylation is 1. The van der Waals surface area contributed by atoms with Crippen LogP contribution >= 0.6 is 11.3 Å². The third-order valence-corrected chi connectivity index (χ3v) is 5.78. The first-order valence-electron chi connectivity index (χ1n) is 9.90. The molecule has 3 aromatic rings. The van der Waals surface area contributed by atoms with Crippen LogP contribution in [0.15, 0.2) is 72.1 Å². The Balaban J connectivity index is 1.61. The van der Waals surface area contributed by atoms with Gasteiger partial charge < -0.3 is 10.2 Å². The molecule has 0 bridgehead atoms. The Labute approximate surface area is 181 Å². The highest BCUT2D eigenvalue weighted by molar-refractivity contribution is 7.10. The van der Waals surface area contributed by atoms with Crippen LogP contribution in [-0.4, -0.2) is 36.3 Å². The van der Waals surface area contributed by atoms with E-state index in [0.717, 1.165) is 21.7 Å². The van der Waals surface area contributed by atoms with Crippen molar-refractivity contribution in [1.29, 1.82) is 0 Å². The molecule has 6 heteroatoms. The van der Waals surface area contributed by atoms with Crippen LogP contribution in [-0.2, 0) is 9.59 Å². The number of rotatable bonds is 8. The Hall–Kier alpha value is -2.96. The minimum absolute atomic E-state index is 0.00621. The molecule has 0 aliphatic rings. The number of likely N-dealkylation sites (N-methyl/N-ethyl adjacent to an activating group) is 1. The maximum Gasteiger partial charge on any atom is 0.243 e. The number of hydrogen-bond donors (Lipinski definition) is 2. The topological polar surface area (TPSA) is 61.4 Å². The summed E-state index contributed by atoms with van der Waals surface area (Å²) in [6, 6.07) is 21.2. The molecule has 2 N–H and O–H groups in total. The molecule has 30 heavy (non-hydrogen) atoms. The SMILES string of the molecule is Cc1ccc(NC(=O)CN(C)C(=O)[C@H](C)N[C@@H](c2ccccc2)c2cccs2)cc1. The van der Waals surface area contributed by atoms with Crippen LogP contribution in [0.2, 0.25) is 0 Å². The first kappa shape index (κ1) is 21.7. The van der Waals surface area contributed by atoms with Gasteiger partial charge in [0.15, 0.2) is 0 Å². The summed E-state index contributed by atoms with van der Waals surface area (Å²) in [7, 11) is 1.65. The molecule has 0 aliphatic heterocycles. The van der Waals surface area contributed by atoms with Crippen molar-refractivity contribution in [2.45, 2.75) is 25.9 Å². The van der Waals surface area contributed by atoms with Crippen molar-refractivity contribution < 1.29 is 9.59 Å². The zero-order valence-electron chi connectivity index (χ0n) is 17.5. The summed E-state index contributed by atoms with van der Waals surface area (Å²) >= 11 is 1.65. The molecule has 0 aliphatic carbocycles. The quantitative estimate of drug-likeness (QED) is 0.572. The predicted molar refractivity (Wildman–Crippen MR) is 123 cm³/mol. The Morgan fingerprint density at radius 2 is 1.70 bits per heavy atom. The average Bonchev–Trinajstić information content (AvgIpc) is 3.28. The molecule has 1 heterocycles. The van der Waals surface area contributed by atoms with E-state index in [2.05, 4.69) is 16.7 Å². The summed E-state index contributed by atoms with van der Waals surface area (Å²) < 4.78 is 0. The lowest BCUT2D eigenvalue weighted by molar-refractivity contribution is -0.134. The number of amides is 2. The highest BCUT2D eigenvalue weighted by Gasteiger charge is 2.24. The van der Waals surface area contributed by atoms with Gasteiger partial charge in [-0.15, -0.1) is 11.3 Å². The fourth-order valence-corrected chi connectivity index (χ4v) is 4.04. The molecule has 1 aromatic heterocycles. The number of thiophene rings is 1. The predicted octanol–water partition coefficient (Wildman–Crippen LogP) is 4.22. The van der Waals surface area contributed by atoms with Gasteiger partial charge >= 0.3 is 0 Å². The number of nitrogens with zero attached hydrogens (tertiary/aromatic N) is 1. The van der Waals surface area contributed by atoms with Crippen molar-refractivity contribution in [2.24, 2.45) is 0 Å². The van der Waals surface area contributed by atoms with E-state index in [0.29, 0.717) is 0 Å². The van der Waals surface area contributed by atoms with Gasteiger partial charge in [-0.2, -0.15) is 0 Å². The second-order valence-corrected chi connectivity index (χ2v) is 8.34. The van der Waals surface area contributed by atoms with Crippen molar-refractivity contribution in [3.8, 4) is 0 Å². The van der Waals surface area contributed by atoms with E-state index in [-0.39, 0.29) is 24.4 Å². The molecule has 0 radical (unpaired) electrons. The summed E-state index contributed by atoms with van der Waals surface area (Å²) in [6.45, 7) is 3.82. The van der Waals surface area contributed by atoms with Crippen LogP contribution in [0.25, 0.3) is 0 Å². The molecule has 5 nitrogen and oxygen atoms in total. The summed E-state index contributed by atoms with van der Waals surface area (Å²) in [4.78, 5) is 27.8. The van der Waals surface area contributed by atoms with Gasteiger partial charge in [-0.1, -0.05) is 54.1 Å². The smallest absolute Gasteiger partial charge is 0.243 e. The lowest BCUT2D eigenvalue weighted by atomic mass is 10.0. The second kappa shape index (κ2) is 10.2. The molecule has 2 atom stereocenters. The Morgan fingerprint density at radius 1 is 1.00 bits per heavy atom. The van der Waals surface area contributed by atoms with Crippen molar-refractivity contribution in [3.63, 3.8) is 0 Å². The average molecular weight is 422 g/mol. The number of anilines is 1. The minimum Gasteiger partial charge on any atom is -0.335 e. The van der Waals surface area contributed by atoms with Gasteiger partial charge in [0.1, 0.15) is 0 Å². The normalized spacial score (nSPS) is 12.8. The van der Waals surface area contributed by atoms with Gasteiger partial charge in [-0.05, 0) is 43.0 Å². The minimum atomic E-state index is -0.450. The van der Waals surface area contributed by atoms with Gasteiger partial charge in [-0.3, -0.25) is 14.9 Å². The molecule has 2 amide bonds. The van der Waals surface area contributed by atoms with Crippen molar-refractivity contribution in [1.82, 2.24) is 10.2 Å². The summed E-state index contributed by atoms with van der Waals surface area (Å²) in [6.07, 6.45) is 0. The van der Waals surface area contributed by atoms with E-state index in [4.69, 9.17) is 0 Å². The van der Waals surface area contributed by atoms with E-state index >= 15 is 0 Å². The first-order chi connectivity index (χ1) is 14.4. The van der Waals surface area contributed by atoms with Crippen LogP contribution in [0.1, 0.15) is 29.0 Å². The monoisotopic (exact) mass is 421 g/mol. The highest BCUT2D eigenvalue weighted by Crippen LogP contribution is 2.26. The standard InChI is InChI=1S/C24H27N3O2S/c1-17-11-13-20(14-12-17)26-22(28)16-27(3)24(29)18(2)25-23(21-10-7-15-30-21)19-8-5-4-6-9-19/h4-15,18,23,25H,16H2,1-3H3,(H,26,28)/t18-,23-/m0/s1. The van der Waals surface area contributed by atoms with Gasteiger partial charge in [0, 0.05) is 17.6 Å². The zero-order valence-corrected chi connectivity index (χ0v) is 18.3. The summed E-state index contributed by atoms with van der Waals surface area (Å²) in [5, 5.41) is 8.29. The molecule has 3 rings (SSSR count). The molecule has 2 aromatic carbocycles. The van der Waals surface area contributed by atoms with Crippen LogP contribution < -0.4 is 10.6 Å². The maximum atomic E-state index is 12.9. The fourth-order valence-electron chi connectivity index (χ4n) is 3.23. The fraction of sp³-hybridized carbons (Fsp3) is 0.250. The Kier molecular flexibility index (Phi) is 7.38. The molecule has 0 saturated carbocycles. The zero-order chi connectivity index (χ0) is 21.5. The third kappa shape index (κ3) is 5.78. The van der Waals surface area contributed by atoms with Crippen molar-refractivity contribution in [3.05, 3.63) is 88.1 Å². The third-order valence-electron chi connectivity index (χ3n) is 4.84. The molecule has 0 spiro atoms. The van der Waals surface area contributed by atoms with Crippen LogP contribution in [0, 0.1) is 6.92 Å². The maximum absolute atomic E-state index is 12.9. The number of nitrogens with one attached hydrogen (secondary N) is 2. The number of hydrogen-bond acceptors (Lipinski definition) is 4. The molecule has 0 fully saturated rings. The van der Waals surface area contributed by atoms with Gasteiger partial charge in [-0.25, -0.2) is 0 Å². The highest BCUT2D eigenvalue weighted by atomic mass is 32.1. The lowest BCUT2D eigenvalue weighted by Gasteiger charge is -2.26. The van der Waals surface area contributed by atoms with Crippen LogP contribution in [0.4, 0.5) is 5.69 Å². The summed E-state index contributed by atoms with van der Waals surface area (Å²) in [5.41, 5.74) is 2.94. The van der Waals surface area contributed by atoms with Gasteiger partial charge in [0.25, 0.3) is 0 Å². The first-order valence-corrected chi connectivity index (χ1v) is 10.8. The lowest BCUT2D eigenvalue weighted by Crippen LogP contribution is -2.46. The van der Waals surface area contributed by atoms with Crippen molar-refractivity contribution in [2.75, 3.05) is 18.9 Å². The van der Waals surface area contributed by atoms with Crippen LogP contribution in [0.3, 0.4) is 0 Å².